The minimum atomic E-state index is -4.65. The van der Waals surface area contributed by atoms with Gasteiger partial charge in [0.2, 0.25) is 0 Å². The van der Waals surface area contributed by atoms with Crippen molar-refractivity contribution in [3.63, 3.8) is 0 Å². The molecule has 0 aromatic carbocycles. The molecule has 1 aromatic heterocycles. The molecule has 136 valence electrons. The van der Waals surface area contributed by atoms with Gasteiger partial charge < -0.3 is 20.1 Å². The molecule has 1 saturated heterocycles. The average molecular weight is 361 g/mol. The number of hydrogen-bond acceptors (Lipinski definition) is 3. The van der Waals surface area contributed by atoms with Crippen LogP contribution in [-0.4, -0.2) is 62.9 Å². The van der Waals surface area contributed by atoms with Crippen LogP contribution in [0.4, 0.5) is 22.8 Å². The van der Waals surface area contributed by atoms with E-state index in [0.717, 1.165) is 15.9 Å². The highest BCUT2D eigenvalue weighted by atomic mass is 19.4. The smallest absolute Gasteiger partial charge is 0.417 e. The minimum Gasteiger partial charge on any atom is -0.465 e. The van der Waals surface area contributed by atoms with Gasteiger partial charge in [-0.15, -0.1) is 0 Å². The lowest BCUT2D eigenvalue weighted by Crippen LogP contribution is -2.55. The van der Waals surface area contributed by atoms with Gasteiger partial charge in [-0.25, -0.2) is 9.59 Å². The first-order chi connectivity index (χ1) is 11.6. The Balaban J connectivity index is 2.30. The van der Waals surface area contributed by atoms with Crippen molar-refractivity contribution >= 4 is 18.3 Å². The van der Waals surface area contributed by atoms with E-state index >= 15 is 0 Å². The second kappa shape index (κ2) is 6.87. The number of halogens is 3. The van der Waals surface area contributed by atoms with Gasteiger partial charge in [0, 0.05) is 31.4 Å². The molecule has 1 atom stereocenters. The quantitative estimate of drug-likeness (QED) is 0.743. The molecule has 3 N–H and O–H groups in total. The number of carbonyl (C=O) groups is 2. The summed E-state index contributed by atoms with van der Waals surface area (Å²) in [7, 11) is 0. The van der Waals surface area contributed by atoms with Crippen LogP contribution >= 0.6 is 0 Å². The fourth-order valence-corrected chi connectivity index (χ4v) is 2.39. The van der Waals surface area contributed by atoms with E-state index in [0.29, 0.717) is 12.3 Å². The lowest BCUT2D eigenvalue weighted by atomic mass is 10.1. The number of aromatic amines is 1. The fraction of sp³-hybridized carbons (Fsp3) is 0.357. The topological polar surface area (TPSA) is 114 Å². The van der Waals surface area contributed by atoms with Gasteiger partial charge in [-0.2, -0.15) is 13.2 Å². The van der Waals surface area contributed by atoms with Gasteiger partial charge in [0.1, 0.15) is 0 Å². The summed E-state index contributed by atoms with van der Waals surface area (Å²) < 4.78 is 38.1. The maximum absolute atomic E-state index is 12.7. The summed E-state index contributed by atoms with van der Waals surface area (Å²) >= 11 is 0. The Morgan fingerprint density at radius 1 is 1.24 bits per heavy atom. The summed E-state index contributed by atoms with van der Waals surface area (Å²) in [4.78, 5) is 37.8. The van der Waals surface area contributed by atoms with Gasteiger partial charge in [0.15, 0.2) is 0 Å². The largest absolute Gasteiger partial charge is 0.465 e. The number of H-pyrrole nitrogens is 1. The predicted molar refractivity (Wildman–Crippen MR) is 79.2 cm³/mol. The molecule has 2 amide bonds. The third kappa shape index (κ3) is 4.31. The van der Waals surface area contributed by atoms with E-state index in [1.165, 1.54) is 6.08 Å². The molecule has 1 fully saturated rings. The first-order valence-electron chi connectivity index (χ1n) is 7.05. The van der Waals surface area contributed by atoms with Gasteiger partial charge in [0.05, 0.1) is 11.6 Å². The summed E-state index contributed by atoms with van der Waals surface area (Å²) in [6.45, 7) is -0.291. The molecule has 11 heteroatoms. The van der Waals surface area contributed by atoms with Crippen LogP contribution in [0.2, 0.25) is 0 Å². The van der Waals surface area contributed by atoms with Crippen LogP contribution in [0.25, 0.3) is 6.08 Å². The van der Waals surface area contributed by atoms with Crippen LogP contribution in [0.1, 0.15) is 11.1 Å². The highest BCUT2D eigenvalue weighted by molar-refractivity contribution is 5.69. The first kappa shape index (κ1) is 18.4. The Hall–Kier alpha value is -2.98. The van der Waals surface area contributed by atoms with E-state index < -0.39 is 35.5 Å². The Morgan fingerprint density at radius 2 is 1.92 bits per heavy atom. The van der Waals surface area contributed by atoms with E-state index in [9.17, 15) is 27.6 Å². The van der Waals surface area contributed by atoms with Crippen LogP contribution in [0.15, 0.2) is 23.1 Å². The molecule has 0 spiro atoms. The van der Waals surface area contributed by atoms with Crippen LogP contribution in [0, 0.1) is 0 Å². The number of rotatable bonds is 2. The van der Waals surface area contributed by atoms with Crippen LogP contribution in [0.3, 0.4) is 0 Å². The second-order valence-corrected chi connectivity index (χ2v) is 5.30. The maximum Gasteiger partial charge on any atom is 0.417 e. The summed E-state index contributed by atoms with van der Waals surface area (Å²) in [6.07, 6.45) is -4.38. The number of alkyl halides is 3. The molecular formula is C14H14F3N3O5. The molecule has 25 heavy (non-hydrogen) atoms. The van der Waals surface area contributed by atoms with Crippen LogP contribution in [0.5, 0.6) is 0 Å². The zero-order chi connectivity index (χ0) is 18.8. The van der Waals surface area contributed by atoms with Crippen molar-refractivity contribution in [3.8, 4) is 0 Å². The van der Waals surface area contributed by atoms with E-state index in [4.69, 9.17) is 10.2 Å². The minimum absolute atomic E-state index is 0.0177. The van der Waals surface area contributed by atoms with Crippen molar-refractivity contribution in [2.45, 2.75) is 12.2 Å². The van der Waals surface area contributed by atoms with Gasteiger partial charge in [-0.1, -0.05) is 12.2 Å². The van der Waals surface area contributed by atoms with Crippen molar-refractivity contribution in [2.24, 2.45) is 0 Å². The van der Waals surface area contributed by atoms with E-state index in [2.05, 4.69) is 0 Å². The molecular weight excluding hydrogens is 347 g/mol. The number of carboxylic acid groups (broad SMARTS) is 2. The van der Waals surface area contributed by atoms with Crippen molar-refractivity contribution in [3.05, 3.63) is 39.8 Å². The third-order valence-corrected chi connectivity index (χ3v) is 3.69. The monoisotopic (exact) mass is 361 g/mol. The Labute approximate surface area is 138 Å². The molecule has 2 heterocycles. The maximum atomic E-state index is 12.7. The van der Waals surface area contributed by atoms with Gasteiger partial charge in [-0.3, -0.25) is 9.69 Å². The van der Waals surface area contributed by atoms with Gasteiger partial charge >= 0.3 is 18.4 Å². The lowest BCUT2D eigenvalue weighted by Gasteiger charge is -2.37. The normalized spacial score (nSPS) is 18.6. The summed E-state index contributed by atoms with van der Waals surface area (Å²) in [6, 6.07) is -0.283. The van der Waals surface area contributed by atoms with E-state index in [-0.39, 0.29) is 25.2 Å². The summed E-state index contributed by atoms with van der Waals surface area (Å²) in [5.74, 6) is 0. The van der Waals surface area contributed by atoms with Gasteiger partial charge in [-0.05, 0) is 6.07 Å². The number of pyridine rings is 1. The summed E-state index contributed by atoms with van der Waals surface area (Å²) in [5, 5.41) is 18.1. The second-order valence-electron chi connectivity index (χ2n) is 5.30. The lowest BCUT2D eigenvalue weighted by molar-refractivity contribution is -0.137. The Kier molecular flexibility index (Phi) is 5.04. The SMILES string of the molecule is O=C(O)N1CCN(C(=O)O)[C@H](C=Cc2cc(C(F)(F)F)c[nH]c2=O)C1. The number of nitrogens with zero attached hydrogens (tertiary/aromatic N) is 2. The number of aromatic nitrogens is 1. The standard InChI is InChI=1S/C14H14F3N3O5/c15-14(16,17)9-5-8(11(21)18-6-9)1-2-10-7-19(12(22)23)3-4-20(10)13(24)25/h1-2,5-6,10H,3-4,7H2,(H,18,21)(H,22,23)(H,24,25)/t10-/m1/s1. The summed E-state index contributed by atoms with van der Waals surface area (Å²) in [5.41, 5.74) is -2.15. The highest BCUT2D eigenvalue weighted by Gasteiger charge is 2.32. The molecule has 0 aliphatic carbocycles. The van der Waals surface area contributed by atoms with Crippen LogP contribution in [-0.2, 0) is 6.18 Å². The molecule has 1 aliphatic heterocycles. The number of piperazine rings is 1. The highest BCUT2D eigenvalue weighted by Crippen LogP contribution is 2.28. The van der Waals surface area contributed by atoms with Crippen molar-refractivity contribution in [1.82, 2.24) is 14.8 Å². The van der Waals surface area contributed by atoms with Gasteiger partial charge in [0.25, 0.3) is 5.56 Å². The molecule has 0 radical (unpaired) electrons. The molecule has 0 bridgehead atoms. The molecule has 8 nitrogen and oxygen atoms in total. The average Bonchev–Trinajstić information content (AvgIpc) is 2.52. The Morgan fingerprint density at radius 3 is 2.48 bits per heavy atom. The first-order valence-corrected chi connectivity index (χ1v) is 7.05. The number of nitrogens with one attached hydrogen (secondary N) is 1. The molecule has 1 aromatic rings. The van der Waals surface area contributed by atoms with E-state index in [1.807, 2.05) is 4.98 Å². The predicted octanol–water partition coefficient (Wildman–Crippen LogP) is 1.75. The number of hydrogen-bond donors (Lipinski definition) is 3. The van der Waals surface area contributed by atoms with Crippen molar-refractivity contribution < 1.29 is 33.0 Å². The third-order valence-electron chi connectivity index (χ3n) is 3.69. The zero-order valence-electron chi connectivity index (χ0n) is 12.7. The molecule has 2 rings (SSSR count). The van der Waals surface area contributed by atoms with Crippen molar-refractivity contribution in [2.75, 3.05) is 19.6 Å². The van der Waals surface area contributed by atoms with E-state index in [1.54, 1.807) is 0 Å². The number of amides is 2. The fourth-order valence-electron chi connectivity index (χ4n) is 2.39. The molecule has 1 aliphatic rings. The molecule has 0 unspecified atom stereocenters. The Bertz CT molecular complexity index is 759. The van der Waals surface area contributed by atoms with Crippen LogP contribution < -0.4 is 5.56 Å². The zero-order valence-corrected chi connectivity index (χ0v) is 12.7. The van der Waals surface area contributed by atoms with Crippen molar-refractivity contribution in [1.29, 1.82) is 0 Å². The molecule has 0 saturated carbocycles.